The number of benzene rings is 2. The molecule has 28 heavy (non-hydrogen) atoms. The zero-order valence-corrected chi connectivity index (χ0v) is 16.1. The van der Waals surface area contributed by atoms with Gasteiger partial charge in [-0.05, 0) is 42.3 Å². The minimum atomic E-state index is -0.392. The van der Waals surface area contributed by atoms with Crippen molar-refractivity contribution in [1.82, 2.24) is 4.90 Å². The molecule has 148 valence electrons. The molecular weight excluding hydrogens is 360 g/mol. The molecule has 2 atom stereocenters. The topological polar surface area (TPSA) is 74.1 Å². The Morgan fingerprint density at radius 1 is 1.29 bits per heavy atom. The van der Waals surface area contributed by atoms with Crippen LogP contribution in [0.4, 0.5) is 5.69 Å². The van der Waals surface area contributed by atoms with Gasteiger partial charge in [0.05, 0.1) is 4.92 Å². The van der Waals surface area contributed by atoms with Gasteiger partial charge in [0, 0.05) is 38.6 Å². The Morgan fingerprint density at radius 3 is 2.86 bits per heavy atom. The van der Waals surface area contributed by atoms with Crippen molar-refractivity contribution >= 4 is 5.69 Å². The Labute approximate surface area is 164 Å². The average molecular weight is 384 g/mol. The summed E-state index contributed by atoms with van der Waals surface area (Å²) in [6, 6.07) is 11.6. The summed E-state index contributed by atoms with van der Waals surface area (Å²) in [5.41, 5.74) is 3.25. The number of nitrogens with zero attached hydrogens (tertiary/aromatic N) is 2. The van der Waals surface area contributed by atoms with Crippen LogP contribution in [0.5, 0.6) is 11.5 Å². The summed E-state index contributed by atoms with van der Waals surface area (Å²) in [6.07, 6.45) is 1.58. The molecule has 2 heterocycles. The van der Waals surface area contributed by atoms with Crippen LogP contribution in [-0.2, 0) is 17.6 Å². The van der Waals surface area contributed by atoms with E-state index in [2.05, 4.69) is 18.0 Å². The van der Waals surface area contributed by atoms with Crippen molar-refractivity contribution in [2.24, 2.45) is 0 Å². The summed E-state index contributed by atoms with van der Waals surface area (Å²) in [5.74, 6) is 1.27. The highest BCUT2D eigenvalue weighted by atomic mass is 16.7. The number of methoxy groups -OCH3 is 1. The maximum absolute atomic E-state index is 11.6. The molecular formula is C21H24N2O5. The maximum atomic E-state index is 11.6. The minimum absolute atomic E-state index is 0.00608. The molecule has 7 heteroatoms. The van der Waals surface area contributed by atoms with Gasteiger partial charge in [0.15, 0.2) is 12.5 Å². The first-order valence-electron chi connectivity index (χ1n) is 9.43. The number of hydrogen-bond donors (Lipinski definition) is 0. The van der Waals surface area contributed by atoms with Crippen molar-refractivity contribution in [2.45, 2.75) is 24.9 Å². The molecule has 7 nitrogen and oxygen atoms in total. The van der Waals surface area contributed by atoms with E-state index in [9.17, 15) is 10.1 Å². The molecule has 0 bridgehead atoms. The predicted molar refractivity (Wildman–Crippen MR) is 104 cm³/mol. The van der Waals surface area contributed by atoms with Crippen molar-refractivity contribution in [3.63, 3.8) is 0 Å². The van der Waals surface area contributed by atoms with Gasteiger partial charge in [0.25, 0.3) is 0 Å². The van der Waals surface area contributed by atoms with E-state index in [0.29, 0.717) is 0 Å². The monoisotopic (exact) mass is 384 g/mol. The largest absolute Gasteiger partial charge is 0.489 e. The lowest BCUT2D eigenvalue weighted by molar-refractivity contribution is -0.386. The van der Waals surface area contributed by atoms with Gasteiger partial charge >= 0.3 is 5.69 Å². The van der Waals surface area contributed by atoms with Crippen molar-refractivity contribution in [2.75, 3.05) is 34.0 Å². The van der Waals surface area contributed by atoms with Crippen molar-refractivity contribution in [3.05, 3.63) is 63.2 Å². The second-order valence-electron chi connectivity index (χ2n) is 7.41. The molecule has 0 saturated heterocycles. The summed E-state index contributed by atoms with van der Waals surface area (Å²) in [4.78, 5) is 13.4. The minimum Gasteiger partial charge on any atom is -0.489 e. The summed E-state index contributed by atoms with van der Waals surface area (Å²) >= 11 is 0. The third-order valence-electron chi connectivity index (χ3n) is 5.54. The number of nitro benzene ring substituents is 1. The van der Waals surface area contributed by atoms with Gasteiger partial charge in [0.1, 0.15) is 11.9 Å². The SMILES string of the molecule is COCOc1cc2c(cc1[N+](=O)[O-])CCN(C)CC2C1Cc2ccccc2O1. The molecule has 0 aromatic heterocycles. The summed E-state index contributed by atoms with van der Waals surface area (Å²) in [5, 5.41) is 11.6. The highest BCUT2D eigenvalue weighted by Crippen LogP contribution is 2.41. The molecule has 2 aromatic rings. The fourth-order valence-electron chi connectivity index (χ4n) is 4.16. The summed E-state index contributed by atoms with van der Waals surface area (Å²) < 4.78 is 16.8. The molecule has 0 N–H and O–H groups in total. The normalized spacial score (nSPS) is 21.4. The Morgan fingerprint density at radius 2 is 2.11 bits per heavy atom. The van der Waals surface area contributed by atoms with Crippen LogP contribution in [0.2, 0.25) is 0 Å². The van der Waals surface area contributed by atoms with Gasteiger partial charge in [-0.25, -0.2) is 0 Å². The van der Waals surface area contributed by atoms with Gasteiger partial charge in [-0.15, -0.1) is 0 Å². The van der Waals surface area contributed by atoms with E-state index in [4.69, 9.17) is 14.2 Å². The van der Waals surface area contributed by atoms with Crippen molar-refractivity contribution in [1.29, 1.82) is 0 Å². The van der Waals surface area contributed by atoms with Crippen LogP contribution >= 0.6 is 0 Å². The van der Waals surface area contributed by atoms with E-state index in [0.717, 1.165) is 42.8 Å². The van der Waals surface area contributed by atoms with E-state index < -0.39 is 4.92 Å². The molecule has 2 aromatic carbocycles. The van der Waals surface area contributed by atoms with E-state index in [1.54, 1.807) is 6.07 Å². The predicted octanol–water partition coefficient (Wildman–Crippen LogP) is 3.15. The van der Waals surface area contributed by atoms with Gasteiger partial charge in [-0.3, -0.25) is 10.1 Å². The van der Waals surface area contributed by atoms with Crippen molar-refractivity contribution < 1.29 is 19.1 Å². The first-order chi connectivity index (χ1) is 13.6. The third kappa shape index (κ3) is 3.55. The number of para-hydroxylation sites is 1. The molecule has 2 aliphatic heterocycles. The second-order valence-corrected chi connectivity index (χ2v) is 7.41. The molecule has 0 saturated carbocycles. The Balaban J connectivity index is 1.73. The van der Waals surface area contributed by atoms with Crippen LogP contribution < -0.4 is 9.47 Å². The van der Waals surface area contributed by atoms with Crippen LogP contribution in [0.3, 0.4) is 0 Å². The van der Waals surface area contributed by atoms with Crippen LogP contribution in [0.1, 0.15) is 22.6 Å². The Hall–Kier alpha value is -2.64. The highest BCUT2D eigenvalue weighted by Gasteiger charge is 2.36. The summed E-state index contributed by atoms with van der Waals surface area (Å²) in [7, 11) is 3.58. The standard InChI is InChI=1S/C21H24N2O5/c1-22-8-7-14-9-18(23(24)25)21(27-13-26-2)11-16(14)17(12-22)20-10-15-5-3-4-6-19(15)28-20/h3-6,9,11,17,20H,7-8,10,12-13H2,1-2H3. The second kappa shape index (κ2) is 7.77. The van der Waals surface area contributed by atoms with Gasteiger partial charge in [0.2, 0.25) is 0 Å². The Kier molecular flexibility index (Phi) is 5.19. The number of ether oxygens (including phenoxy) is 3. The number of hydrogen-bond acceptors (Lipinski definition) is 6. The molecule has 2 aliphatic rings. The zero-order chi connectivity index (χ0) is 19.7. The highest BCUT2D eigenvalue weighted by molar-refractivity contribution is 5.54. The average Bonchev–Trinajstić information content (AvgIpc) is 3.05. The number of nitro groups is 1. The molecule has 4 rings (SSSR count). The number of rotatable bonds is 5. The zero-order valence-electron chi connectivity index (χ0n) is 16.1. The van der Waals surface area contributed by atoms with E-state index in [1.807, 2.05) is 24.3 Å². The van der Waals surface area contributed by atoms with Crippen LogP contribution in [-0.4, -0.2) is 50.0 Å². The van der Waals surface area contributed by atoms with E-state index >= 15 is 0 Å². The lowest BCUT2D eigenvalue weighted by atomic mass is 9.87. The molecule has 0 amide bonds. The maximum Gasteiger partial charge on any atom is 0.311 e. The fourth-order valence-corrected chi connectivity index (χ4v) is 4.16. The van der Waals surface area contributed by atoms with E-state index in [-0.39, 0.29) is 30.3 Å². The van der Waals surface area contributed by atoms with Crippen LogP contribution in [0.25, 0.3) is 0 Å². The van der Waals surface area contributed by atoms with Gasteiger partial charge in [-0.2, -0.15) is 0 Å². The molecule has 0 spiro atoms. The van der Waals surface area contributed by atoms with Crippen molar-refractivity contribution in [3.8, 4) is 11.5 Å². The van der Waals surface area contributed by atoms with Crippen LogP contribution in [0.15, 0.2) is 36.4 Å². The first kappa shape index (κ1) is 18.7. The fraction of sp³-hybridized carbons (Fsp3) is 0.429. The van der Waals surface area contributed by atoms with Gasteiger partial charge < -0.3 is 19.1 Å². The molecule has 0 aliphatic carbocycles. The number of fused-ring (bicyclic) bond motifs is 2. The Bertz CT molecular complexity index is 860. The first-order valence-corrected chi connectivity index (χ1v) is 9.43. The summed E-state index contributed by atoms with van der Waals surface area (Å²) in [6.45, 7) is 1.64. The smallest absolute Gasteiger partial charge is 0.311 e. The third-order valence-corrected chi connectivity index (χ3v) is 5.54. The van der Waals surface area contributed by atoms with E-state index in [1.165, 1.54) is 12.7 Å². The molecule has 2 unspecified atom stereocenters. The lowest BCUT2D eigenvalue weighted by Crippen LogP contribution is -2.32. The molecule has 0 radical (unpaired) electrons. The van der Waals surface area contributed by atoms with Crippen LogP contribution in [0, 0.1) is 10.1 Å². The van der Waals surface area contributed by atoms with Gasteiger partial charge in [-0.1, -0.05) is 18.2 Å². The lowest BCUT2D eigenvalue weighted by Gasteiger charge is -2.27. The number of likely N-dealkylation sites (N-methyl/N-ethyl adjacent to an activating group) is 1. The quantitative estimate of drug-likeness (QED) is 0.448. The molecule has 0 fully saturated rings.